The fourth-order valence-electron chi connectivity index (χ4n) is 3.33. The monoisotopic (exact) mass is 403 g/mol. The highest BCUT2D eigenvalue weighted by atomic mass is 32.2. The van der Waals surface area contributed by atoms with Gasteiger partial charge in [-0.1, -0.05) is 36.0 Å². The Bertz CT molecular complexity index is 1070. The molecule has 1 aromatic heterocycles. The molecule has 0 saturated heterocycles. The molecule has 29 heavy (non-hydrogen) atoms. The number of rotatable bonds is 5. The van der Waals surface area contributed by atoms with Crippen LogP contribution in [0.15, 0.2) is 76.8 Å². The maximum absolute atomic E-state index is 13.2. The number of hydrogen-bond donors (Lipinski definition) is 1. The average molecular weight is 404 g/mol. The molecule has 0 bridgehead atoms. The number of nitrogens with one attached hydrogen (secondary N) is 1. The van der Waals surface area contributed by atoms with Gasteiger partial charge in [0.2, 0.25) is 5.91 Å². The lowest BCUT2D eigenvalue weighted by atomic mass is 10.2. The number of carbonyl (C=O) groups excluding carboxylic acids is 2. The molecule has 0 unspecified atom stereocenters. The van der Waals surface area contributed by atoms with Crippen molar-refractivity contribution in [2.24, 2.45) is 0 Å². The molecule has 5 nitrogen and oxygen atoms in total. The van der Waals surface area contributed by atoms with E-state index in [0.717, 1.165) is 21.8 Å². The van der Waals surface area contributed by atoms with Crippen molar-refractivity contribution in [2.45, 2.75) is 29.7 Å². The zero-order valence-corrected chi connectivity index (χ0v) is 16.9. The van der Waals surface area contributed by atoms with Gasteiger partial charge in [0.1, 0.15) is 5.03 Å². The van der Waals surface area contributed by atoms with Crippen LogP contribution in [0.3, 0.4) is 0 Å². The first-order valence-corrected chi connectivity index (χ1v) is 10.3. The van der Waals surface area contributed by atoms with Crippen LogP contribution in [0.4, 0.5) is 11.4 Å². The molecule has 2 amide bonds. The number of pyridine rings is 1. The van der Waals surface area contributed by atoms with Gasteiger partial charge >= 0.3 is 0 Å². The number of aromatic nitrogens is 1. The lowest BCUT2D eigenvalue weighted by molar-refractivity contribution is -0.116. The molecule has 0 radical (unpaired) electrons. The summed E-state index contributed by atoms with van der Waals surface area (Å²) in [5.74, 6) is -0.132. The Morgan fingerprint density at radius 2 is 1.97 bits per heavy atom. The van der Waals surface area contributed by atoms with Crippen molar-refractivity contribution in [1.82, 2.24) is 4.98 Å². The van der Waals surface area contributed by atoms with E-state index in [1.165, 1.54) is 11.8 Å². The maximum atomic E-state index is 13.2. The summed E-state index contributed by atoms with van der Waals surface area (Å²) < 4.78 is 0. The highest BCUT2D eigenvalue weighted by Gasteiger charge is 2.27. The minimum Gasteiger partial charge on any atom is -0.326 e. The highest BCUT2D eigenvalue weighted by Crippen LogP contribution is 2.40. The second-order valence-electron chi connectivity index (χ2n) is 6.90. The number of aryl methyl sites for hydroxylation is 1. The quantitative estimate of drug-likeness (QED) is 0.657. The van der Waals surface area contributed by atoms with Crippen LogP contribution >= 0.6 is 11.8 Å². The van der Waals surface area contributed by atoms with Gasteiger partial charge in [-0.3, -0.25) is 9.59 Å². The van der Waals surface area contributed by atoms with E-state index < -0.39 is 0 Å². The minimum atomic E-state index is -0.0790. The summed E-state index contributed by atoms with van der Waals surface area (Å²) in [5, 5.41) is 3.63. The molecule has 146 valence electrons. The van der Waals surface area contributed by atoms with Gasteiger partial charge in [-0.25, -0.2) is 4.98 Å². The summed E-state index contributed by atoms with van der Waals surface area (Å²) in [4.78, 5) is 32.6. The molecule has 6 heteroatoms. The van der Waals surface area contributed by atoms with Gasteiger partial charge < -0.3 is 10.2 Å². The summed E-state index contributed by atoms with van der Waals surface area (Å²) in [6.45, 7) is 2.45. The third-order valence-electron chi connectivity index (χ3n) is 4.70. The Labute approximate surface area is 174 Å². The summed E-state index contributed by atoms with van der Waals surface area (Å²) >= 11 is 1.50. The number of fused-ring (bicyclic) bond motifs is 2. The summed E-state index contributed by atoms with van der Waals surface area (Å²) in [6, 6.07) is 19.1. The van der Waals surface area contributed by atoms with Crippen molar-refractivity contribution in [3.8, 4) is 0 Å². The first kappa shape index (κ1) is 19.2. The molecule has 1 N–H and O–H groups in total. The van der Waals surface area contributed by atoms with E-state index in [2.05, 4.69) is 10.3 Å². The van der Waals surface area contributed by atoms with Crippen LogP contribution in [0.5, 0.6) is 0 Å². The molecular weight excluding hydrogens is 382 g/mol. The van der Waals surface area contributed by atoms with Gasteiger partial charge in [-0.2, -0.15) is 0 Å². The second kappa shape index (κ2) is 8.49. The number of carbonyl (C=O) groups is 2. The normalized spacial score (nSPS) is 12.7. The Morgan fingerprint density at radius 3 is 2.83 bits per heavy atom. The van der Waals surface area contributed by atoms with E-state index in [4.69, 9.17) is 0 Å². The average Bonchev–Trinajstić information content (AvgIpc) is 2.83. The topological polar surface area (TPSA) is 62.3 Å². The molecule has 2 heterocycles. The van der Waals surface area contributed by atoms with Crippen LogP contribution in [0, 0.1) is 6.92 Å². The SMILES string of the molecule is Cc1cccc(NC(=O)CCCN2C(=O)c3cccnc3Sc3ccccc32)c1. The zero-order chi connectivity index (χ0) is 20.2. The fourth-order valence-corrected chi connectivity index (χ4v) is 4.34. The molecule has 1 aliphatic heterocycles. The van der Waals surface area contributed by atoms with Crippen LogP contribution < -0.4 is 10.2 Å². The fraction of sp³-hybridized carbons (Fsp3) is 0.174. The summed E-state index contributed by atoms with van der Waals surface area (Å²) in [7, 11) is 0. The highest BCUT2D eigenvalue weighted by molar-refractivity contribution is 7.99. The standard InChI is InChI=1S/C23H21N3O2S/c1-16-7-4-8-17(15-16)25-21(27)12-6-14-26-19-10-2-3-11-20(19)29-22-18(23(26)28)9-5-13-24-22/h2-5,7-11,13,15H,6,12,14H2,1H3,(H,25,27). The predicted octanol–water partition coefficient (Wildman–Crippen LogP) is 4.92. The second-order valence-corrected chi connectivity index (χ2v) is 7.93. The van der Waals surface area contributed by atoms with Crippen LogP contribution in [-0.2, 0) is 4.79 Å². The molecule has 3 aromatic rings. The third-order valence-corrected chi connectivity index (χ3v) is 5.78. The maximum Gasteiger partial charge on any atom is 0.261 e. The molecule has 4 rings (SSSR count). The molecular formula is C23H21N3O2S. The van der Waals surface area contributed by atoms with Crippen LogP contribution in [0.25, 0.3) is 0 Å². The van der Waals surface area contributed by atoms with E-state index >= 15 is 0 Å². The first-order valence-electron chi connectivity index (χ1n) is 9.52. The molecule has 0 saturated carbocycles. The van der Waals surface area contributed by atoms with Gasteiger partial charge in [0.15, 0.2) is 0 Å². The largest absolute Gasteiger partial charge is 0.326 e. The first-order chi connectivity index (χ1) is 14.1. The van der Waals surface area contributed by atoms with E-state index in [0.29, 0.717) is 30.0 Å². The summed E-state index contributed by atoms with van der Waals surface area (Å²) in [6.07, 6.45) is 2.61. The van der Waals surface area contributed by atoms with E-state index in [1.54, 1.807) is 23.2 Å². The minimum absolute atomic E-state index is 0.0532. The number of hydrogen-bond acceptors (Lipinski definition) is 4. The van der Waals surface area contributed by atoms with Crippen molar-refractivity contribution in [2.75, 3.05) is 16.8 Å². The third kappa shape index (κ3) is 4.32. The van der Waals surface area contributed by atoms with E-state index in [9.17, 15) is 9.59 Å². The van der Waals surface area contributed by atoms with Crippen molar-refractivity contribution in [1.29, 1.82) is 0 Å². The molecule has 0 spiro atoms. The van der Waals surface area contributed by atoms with Gasteiger partial charge in [0.05, 0.1) is 11.3 Å². The lowest BCUT2D eigenvalue weighted by Gasteiger charge is -2.22. The zero-order valence-electron chi connectivity index (χ0n) is 16.1. The summed E-state index contributed by atoms with van der Waals surface area (Å²) in [5.41, 5.74) is 3.35. The number of nitrogens with zero attached hydrogens (tertiary/aromatic N) is 2. The van der Waals surface area contributed by atoms with Crippen LogP contribution in [0.1, 0.15) is 28.8 Å². The van der Waals surface area contributed by atoms with Gasteiger partial charge in [0.25, 0.3) is 5.91 Å². The number of amides is 2. The molecule has 2 aromatic carbocycles. The smallest absolute Gasteiger partial charge is 0.261 e. The Kier molecular flexibility index (Phi) is 5.62. The van der Waals surface area contributed by atoms with Crippen molar-refractivity contribution >= 4 is 35.0 Å². The number of benzene rings is 2. The molecule has 0 fully saturated rings. The van der Waals surface area contributed by atoms with Crippen molar-refractivity contribution in [3.05, 3.63) is 78.0 Å². The van der Waals surface area contributed by atoms with E-state index in [1.807, 2.05) is 55.5 Å². The number of para-hydroxylation sites is 1. The molecule has 0 aliphatic carbocycles. The van der Waals surface area contributed by atoms with Gasteiger partial charge in [0, 0.05) is 29.7 Å². The Balaban J connectivity index is 1.47. The Morgan fingerprint density at radius 1 is 1.10 bits per heavy atom. The molecule has 0 atom stereocenters. The van der Waals surface area contributed by atoms with Crippen LogP contribution in [0.2, 0.25) is 0 Å². The van der Waals surface area contributed by atoms with Gasteiger partial charge in [-0.15, -0.1) is 0 Å². The van der Waals surface area contributed by atoms with Crippen molar-refractivity contribution < 1.29 is 9.59 Å². The number of anilines is 2. The van der Waals surface area contributed by atoms with Crippen molar-refractivity contribution in [3.63, 3.8) is 0 Å². The lowest BCUT2D eigenvalue weighted by Crippen LogP contribution is -2.32. The van der Waals surface area contributed by atoms with Gasteiger partial charge in [-0.05, 0) is 55.3 Å². The van der Waals surface area contributed by atoms with E-state index in [-0.39, 0.29) is 11.8 Å². The molecule has 1 aliphatic rings. The Hall–Kier alpha value is -3.12. The predicted molar refractivity (Wildman–Crippen MR) is 116 cm³/mol. The van der Waals surface area contributed by atoms with Crippen LogP contribution in [-0.4, -0.2) is 23.3 Å².